The molecule has 0 aromatic heterocycles. The third-order valence-corrected chi connectivity index (χ3v) is 4.66. The summed E-state index contributed by atoms with van der Waals surface area (Å²) in [4.78, 5) is 12.5. The number of amides is 1. The number of anilines is 1. The number of rotatable bonds is 2. The van der Waals surface area contributed by atoms with Crippen LogP contribution in [0.1, 0.15) is 12.8 Å². The van der Waals surface area contributed by atoms with Crippen LogP contribution in [0.2, 0.25) is 0 Å². The van der Waals surface area contributed by atoms with Gasteiger partial charge in [0.25, 0.3) is 0 Å². The summed E-state index contributed by atoms with van der Waals surface area (Å²) in [7, 11) is 0. The van der Waals surface area contributed by atoms with Crippen LogP contribution < -0.4 is 5.32 Å². The Hall–Kier alpha value is -2.09. The minimum absolute atomic E-state index is 0.156. The minimum atomic E-state index is 0.156. The lowest BCUT2D eigenvalue weighted by Gasteiger charge is -2.18. The van der Waals surface area contributed by atoms with Gasteiger partial charge in [0.2, 0.25) is 5.91 Å². The van der Waals surface area contributed by atoms with Crippen LogP contribution >= 0.6 is 0 Å². The predicted octanol–water partition coefficient (Wildman–Crippen LogP) is 3.99. The van der Waals surface area contributed by atoms with Crippen LogP contribution in [-0.4, -0.2) is 5.91 Å². The van der Waals surface area contributed by atoms with Crippen LogP contribution in [0.15, 0.2) is 54.6 Å². The van der Waals surface area contributed by atoms with E-state index in [9.17, 15) is 4.79 Å². The van der Waals surface area contributed by atoms with Crippen molar-refractivity contribution in [1.82, 2.24) is 0 Å². The zero-order valence-corrected chi connectivity index (χ0v) is 11.3. The summed E-state index contributed by atoms with van der Waals surface area (Å²) in [5.74, 6) is 1.42. The Morgan fingerprint density at radius 3 is 2.65 bits per heavy atom. The van der Waals surface area contributed by atoms with Crippen LogP contribution in [0.25, 0.3) is 10.8 Å². The second-order valence-electron chi connectivity index (χ2n) is 5.90. The molecule has 0 unspecified atom stereocenters. The molecular weight excluding hydrogens is 246 g/mol. The van der Waals surface area contributed by atoms with Gasteiger partial charge in [-0.15, -0.1) is 0 Å². The maximum Gasteiger partial charge on any atom is 0.228 e. The molecule has 2 aromatic rings. The second-order valence-corrected chi connectivity index (χ2v) is 5.90. The normalized spacial score (nSPS) is 27.1. The van der Waals surface area contributed by atoms with E-state index in [0.717, 1.165) is 29.3 Å². The minimum Gasteiger partial charge on any atom is -0.325 e. The average Bonchev–Trinajstić information content (AvgIpc) is 3.10. The summed E-state index contributed by atoms with van der Waals surface area (Å²) in [6, 6.07) is 14.2. The van der Waals surface area contributed by atoms with Crippen molar-refractivity contribution in [3.63, 3.8) is 0 Å². The summed E-state index contributed by atoms with van der Waals surface area (Å²) in [6.07, 6.45) is 6.67. The molecule has 1 amide bonds. The van der Waals surface area contributed by atoms with E-state index in [-0.39, 0.29) is 11.8 Å². The highest BCUT2D eigenvalue weighted by Gasteiger charge is 2.39. The fourth-order valence-corrected chi connectivity index (χ4v) is 3.64. The number of nitrogens with one attached hydrogen (secondary N) is 1. The summed E-state index contributed by atoms with van der Waals surface area (Å²) < 4.78 is 0. The Morgan fingerprint density at radius 2 is 1.85 bits per heavy atom. The lowest BCUT2D eigenvalue weighted by Crippen LogP contribution is -2.25. The highest BCUT2D eigenvalue weighted by molar-refractivity contribution is 6.03. The van der Waals surface area contributed by atoms with Gasteiger partial charge in [0.1, 0.15) is 0 Å². The van der Waals surface area contributed by atoms with E-state index in [1.807, 2.05) is 24.3 Å². The first-order valence-corrected chi connectivity index (χ1v) is 7.28. The predicted molar refractivity (Wildman–Crippen MR) is 81.4 cm³/mol. The third-order valence-electron chi connectivity index (χ3n) is 4.66. The highest BCUT2D eigenvalue weighted by Crippen LogP contribution is 2.43. The molecule has 2 aliphatic carbocycles. The Kier molecular flexibility index (Phi) is 2.62. The Labute approximate surface area is 118 Å². The number of hydrogen-bond acceptors (Lipinski definition) is 1. The van der Waals surface area contributed by atoms with Gasteiger partial charge in [-0.2, -0.15) is 0 Å². The quantitative estimate of drug-likeness (QED) is 0.815. The van der Waals surface area contributed by atoms with Gasteiger partial charge in [-0.1, -0.05) is 48.6 Å². The van der Waals surface area contributed by atoms with Gasteiger partial charge in [0.05, 0.1) is 0 Å². The smallest absolute Gasteiger partial charge is 0.228 e. The van der Waals surface area contributed by atoms with Gasteiger partial charge < -0.3 is 5.32 Å². The molecule has 2 aromatic carbocycles. The van der Waals surface area contributed by atoms with Crippen molar-refractivity contribution in [2.45, 2.75) is 12.8 Å². The zero-order chi connectivity index (χ0) is 13.5. The molecule has 2 aliphatic rings. The molecule has 1 saturated carbocycles. The molecule has 100 valence electrons. The molecule has 2 bridgehead atoms. The summed E-state index contributed by atoms with van der Waals surface area (Å²) in [5, 5.41) is 5.42. The monoisotopic (exact) mass is 263 g/mol. The van der Waals surface area contributed by atoms with E-state index >= 15 is 0 Å². The second kappa shape index (κ2) is 4.48. The van der Waals surface area contributed by atoms with Crippen molar-refractivity contribution < 1.29 is 4.79 Å². The van der Waals surface area contributed by atoms with Crippen LogP contribution in [0.5, 0.6) is 0 Å². The molecule has 0 heterocycles. The van der Waals surface area contributed by atoms with E-state index in [4.69, 9.17) is 0 Å². The maximum absolute atomic E-state index is 12.5. The molecule has 4 rings (SSSR count). The maximum atomic E-state index is 12.5. The van der Waals surface area contributed by atoms with Crippen molar-refractivity contribution in [2.24, 2.45) is 17.8 Å². The SMILES string of the molecule is O=C(Nc1cccc2ccccc12)[C@H]1C[C@@H]2C=C[C@H]1C2. The summed E-state index contributed by atoms with van der Waals surface area (Å²) in [6.45, 7) is 0. The molecule has 0 saturated heterocycles. The van der Waals surface area contributed by atoms with Gasteiger partial charge in [-0.25, -0.2) is 0 Å². The fraction of sp³-hybridized carbons (Fsp3) is 0.278. The van der Waals surface area contributed by atoms with Crippen LogP contribution in [0.3, 0.4) is 0 Å². The van der Waals surface area contributed by atoms with Crippen molar-refractivity contribution in [3.05, 3.63) is 54.6 Å². The van der Waals surface area contributed by atoms with Crippen molar-refractivity contribution in [3.8, 4) is 0 Å². The molecule has 0 aliphatic heterocycles. The third kappa shape index (κ3) is 1.83. The summed E-state index contributed by atoms with van der Waals surface area (Å²) >= 11 is 0. The Balaban J connectivity index is 1.62. The molecule has 0 radical (unpaired) electrons. The van der Waals surface area contributed by atoms with Gasteiger partial charge >= 0.3 is 0 Å². The number of carbonyl (C=O) groups excluding carboxylic acids is 1. The van der Waals surface area contributed by atoms with Gasteiger partial charge in [0.15, 0.2) is 0 Å². The van der Waals surface area contributed by atoms with Gasteiger partial charge in [0, 0.05) is 17.0 Å². The first kappa shape index (κ1) is 11.7. The summed E-state index contributed by atoms with van der Waals surface area (Å²) in [5.41, 5.74) is 0.930. The van der Waals surface area contributed by atoms with Gasteiger partial charge in [-0.3, -0.25) is 4.79 Å². The lowest BCUT2D eigenvalue weighted by atomic mass is 9.92. The molecule has 1 N–H and O–H groups in total. The average molecular weight is 263 g/mol. The number of allylic oxidation sites excluding steroid dienone is 2. The van der Waals surface area contributed by atoms with E-state index in [1.54, 1.807) is 0 Å². The number of benzene rings is 2. The van der Waals surface area contributed by atoms with Crippen LogP contribution in [0, 0.1) is 17.8 Å². The number of carbonyl (C=O) groups is 1. The largest absolute Gasteiger partial charge is 0.325 e. The van der Waals surface area contributed by atoms with Crippen molar-refractivity contribution in [1.29, 1.82) is 0 Å². The molecule has 2 nitrogen and oxygen atoms in total. The van der Waals surface area contributed by atoms with Crippen molar-refractivity contribution in [2.75, 3.05) is 5.32 Å². The Morgan fingerprint density at radius 1 is 1.00 bits per heavy atom. The topological polar surface area (TPSA) is 29.1 Å². The standard InChI is InChI=1S/C18H17NO/c20-18(16-11-12-8-9-14(16)10-12)19-17-7-3-5-13-4-1-2-6-15(13)17/h1-9,12,14,16H,10-11H2,(H,19,20)/t12-,14+,16+/m1/s1. The Bertz CT molecular complexity index is 698. The number of hydrogen-bond donors (Lipinski definition) is 1. The molecule has 2 heteroatoms. The highest BCUT2D eigenvalue weighted by atomic mass is 16.1. The van der Waals surface area contributed by atoms with E-state index in [1.165, 1.54) is 0 Å². The molecule has 1 fully saturated rings. The zero-order valence-electron chi connectivity index (χ0n) is 11.3. The van der Waals surface area contributed by atoms with Crippen molar-refractivity contribution >= 4 is 22.4 Å². The van der Waals surface area contributed by atoms with Gasteiger partial charge in [-0.05, 0) is 36.1 Å². The van der Waals surface area contributed by atoms with E-state index in [0.29, 0.717) is 11.8 Å². The van der Waals surface area contributed by atoms with Crippen LogP contribution in [-0.2, 0) is 4.79 Å². The fourth-order valence-electron chi connectivity index (χ4n) is 3.64. The van der Waals surface area contributed by atoms with Crippen LogP contribution in [0.4, 0.5) is 5.69 Å². The van der Waals surface area contributed by atoms with E-state index < -0.39 is 0 Å². The molecular formula is C18H17NO. The van der Waals surface area contributed by atoms with E-state index in [2.05, 4.69) is 35.7 Å². The first-order chi connectivity index (χ1) is 9.81. The number of fused-ring (bicyclic) bond motifs is 3. The first-order valence-electron chi connectivity index (χ1n) is 7.28. The lowest BCUT2D eigenvalue weighted by molar-refractivity contribution is -0.120. The molecule has 20 heavy (non-hydrogen) atoms. The molecule has 3 atom stereocenters. The molecule has 0 spiro atoms.